The number of carboxylic acid groups (broad SMARTS) is 1. The molecule has 1 N–H and O–H groups in total. The molecule has 0 saturated carbocycles. The zero-order valence-corrected chi connectivity index (χ0v) is 16.7. The molecule has 0 amide bonds. The van der Waals surface area contributed by atoms with E-state index in [-0.39, 0.29) is 23.1 Å². The van der Waals surface area contributed by atoms with Gasteiger partial charge >= 0.3 is 12.3 Å². The summed E-state index contributed by atoms with van der Waals surface area (Å²) in [7, 11) is 0. The maximum Gasteiger partial charge on any atom is 0.387 e. The molecule has 0 bridgehead atoms. The molecule has 0 fully saturated rings. The van der Waals surface area contributed by atoms with E-state index in [2.05, 4.69) is 0 Å². The maximum absolute atomic E-state index is 13.4. The molecule has 32 heavy (non-hydrogen) atoms. The van der Waals surface area contributed by atoms with Gasteiger partial charge in [-0.2, -0.15) is 0 Å². The number of aliphatic carboxylic acids is 1. The monoisotopic (exact) mass is 432 g/mol. The van der Waals surface area contributed by atoms with Gasteiger partial charge in [-0.15, -0.1) is 0 Å². The van der Waals surface area contributed by atoms with Crippen LogP contribution in [-0.4, -0.2) is 17.4 Å². The van der Waals surface area contributed by atoms with Gasteiger partial charge in [0.25, 0.3) is 0 Å². The number of carboxylic acids is 1. The van der Waals surface area contributed by atoms with Crippen molar-refractivity contribution in [1.29, 1.82) is 0 Å². The summed E-state index contributed by atoms with van der Waals surface area (Å²) in [4.78, 5) is 11.6. The first-order chi connectivity index (χ1) is 15.5. The number of carbonyl (C=O) groups is 1. The molecule has 0 atom stereocenters. The minimum Gasteiger partial charge on any atom is -0.476 e. The van der Waals surface area contributed by atoms with Gasteiger partial charge in [0, 0.05) is 0 Å². The lowest BCUT2D eigenvalue weighted by molar-refractivity contribution is -0.158. The Balaban J connectivity index is 1.45. The van der Waals surface area contributed by atoms with Crippen LogP contribution in [0.5, 0.6) is 11.5 Å². The fraction of sp³-hybridized carbons (Fsp3) is 0.0385. The molecule has 4 rings (SSSR count). The van der Waals surface area contributed by atoms with E-state index < -0.39 is 12.3 Å². The second-order valence-electron chi connectivity index (χ2n) is 6.98. The van der Waals surface area contributed by atoms with Crippen LogP contribution >= 0.6 is 0 Å². The molecule has 0 radical (unpaired) electrons. The fourth-order valence-electron chi connectivity index (χ4n) is 3.16. The number of halogens is 2. The molecule has 4 aromatic rings. The van der Waals surface area contributed by atoms with Gasteiger partial charge in [0.2, 0.25) is 0 Å². The predicted octanol–water partition coefficient (Wildman–Crippen LogP) is 6.17. The van der Waals surface area contributed by atoms with Gasteiger partial charge in [0.1, 0.15) is 23.1 Å². The lowest BCUT2D eigenvalue weighted by Crippen LogP contribution is -2.33. The van der Waals surface area contributed by atoms with Crippen molar-refractivity contribution >= 4 is 5.97 Å². The second-order valence-corrected chi connectivity index (χ2v) is 6.98. The van der Waals surface area contributed by atoms with E-state index in [1.165, 1.54) is 24.3 Å². The van der Waals surface area contributed by atoms with Gasteiger partial charge in [0.05, 0.1) is 0 Å². The molecular formula is C26H18F2O4. The molecule has 0 aliphatic carbocycles. The minimum absolute atomic E-state index is 0.286. The van der Waals surface area contributed by atoms with Crippen molar-refractivity contribution < 1.29 is 28.2 Å². The van der Waals surface area contributed by atoms with Crippen molar-refractivity contribution in [3.63, 3.8) is 0 Å². The number of rotatable bonds is 7. The summed E-state index contributed by atoms with van der Waals surface area (Å²) in [5.74, 6) is -1.41. The topological polar surface area (TPSA) is 55.8 Å². The lowest BCUT2D eigenvalue weighted by atomic mass is 10.1. The summed E-state index contributed by atoms with van der Waals surface area (Å²) in [6.07, 6.45) is -1.57. The highest BCUT2D eigenvalue weighted by molar-refractivity contribution is 5.72. The highest BCUT2D eigenvalue weighted by Crippen LogP contribution is 2.26. The molecule has 0 saturated heterocycles. The molecule has 4 nitrogen and oxygen atoms in total. The van der Waals surface area contributed by atoms with E-state index in [0.717, 1.165) is 11.1 Å². The standard InChI is InChI=1S/C26H18F2O4/c27-21-5-1-3-19(15-21)17-7-11-23(12-8-17)31-26(25(29)30)32-24-13-9-18(10-14-24)20-4-2-6-22(28)16-20/h1-16,26H,(H,29,30). The number of benzene rings is 4. The van der Waals surface area contributed by atoms with E-state index in [0.29, 0.717) is 11.1 Å². The van der Waals surface area contributed by atoms with Crippen molar-refractivity contribution in [3.8, 4) is 33.8 Å². The van der Waals surface area contributed by atoms with Crippen molar-refractivity contribution in [2.45, 2.75) is 6.29 Å². The number of ether oxygens (including phenoxy) is 2. The van der Waals surface area contributed by atoms with Crippen molar-refractivity contribution in [1.82, 2.24) is 0 Å². The largest absolute Gasteiger partial charge is 0.476 e. The Bertz CT molecular complexity index is 1130. The Kier molecular flexibility index (Phi) is 6.12. The Hall–Kier alpha value is -4.19. The highest BCUT2D eigenvalue weighted by Gasteiger charge is 2.22. The zero-order valence-electron chi connectivity index (χ0n) is 16.7. The third-order valence-corrected chi connectivity index (χ3v) is 4.71. The third-order valence-electron chi connectivity index (χ3n) is 4.71. The summed E-state index contributed by atoms with van der Waals surface area (Å²) in [6, 6.07) is 25.5. The Morgan fingerprint density at radius 3 is 1.38 bits per heavy atom. The van der Waals surface area contributed by atoms with Crippen molar-refractivity contribution in [3.05, 3.63) is 109 Å². The molecule has 0 unspecified atom stereocenters. The molecule has 6 heteroatoms. The van der Waals surface area contributed by atoms with Crippen LogP contribution in [0.15, 0.2) is 97.1 Å². The Morgan fingerprint density at radius 1 is 0.625 bits per heavy atom. The molecule has 4 aromatic carbocycles. The van der Waals surface area contributed by atoms with Crippen LogP contribution in [0.3, 0.4) is 0 Å². The van der Waals surface area contributed by atoms with E-state index in [9.17, 15) is 18.7 Å². The van der Waals surface area contributed by atoms with Gasteiger partial charge < -0.3 is 14.6 Å². The summed E-state index contributed by atoms with van der Waals surface area (Å²) in [5.41, 5.74) is 2.91. The highest BCUT2D eigenvalue weighted by atomic mass is 19.1. The van der Waals surface area contributed by atoms with Gasteiger partial charge in [-0.05, 0) is 70.8 Å². The number of hydrogen-bond acceptors (Lipinski definition) is 3. The summed E-state index contributed by atoms with van der Waals surface area (Å²) in [5, 5.41) is 9.49. The van der Waals surface area contributed by atoms with Crippen LogP contribution in [0.1, 0.15) is 0 Å². The van der Waals surface area contributed by atoms with Crippen molar-refractivity contribution in [2.24, 2.45) is 0 Å². The van der Waals surface area contributed by atoms with E-state index >= 15 is 0 Å². The molecule has 0 aliphatic rings. The van der Waals surface area contributed by atoms with Crippen molar-refractivity contribution in [2.75, 3.05) is 0 Å². The minimum atomic E-state index is -1.57. The van der Waals surface area contributed by atoms with Crippen LogP contribution in [0.25, 0.3) is 22.3 Å². The van der Waals surface area contributed by atoms with Gasteiger partial charge in [0.15, 0.2) is 0 Å². The van der Waals surface area contributed by atoms with Crippen LogP contribution in [0.2, 0.25) is 0 Å². The fourth-order valence-corrected chi connectivity index (χ4v) is 3.16. The molecule has 0 heterocycles. The smallest absolute Gasteiger partial charge is 0.387 e. The Morgan fingerprint density at radius 2 is 1.03 bits per heavy atom. The first-order valence-electron chi connectivity index (χ1n) is 9.76. The van der Waals surface area contributed by atoms with Gasteiger partial charge in [-0.3, -0.25) is 0 Å². The molecular weight excluding hydrogens is 414 g/mol. The number of hydrogen-bond donors (Lipinski definition) is 1. The molecule has 0 aromatic heterocycles. The zero-order chi connectivity index (χ0) is 22.5. The summed E-state index contributed by atoms with van der Waals surface area (Å²) in [6.45, 7) is 0. The Labute approximate surface area is 183 Å². The normalized spacial score (nSPS) is 10.7. The summed E-state index contributed by atoms with van der Waals surface area (Å²) < 4.78 is 37.8. The van der Waals surface area contributed by atoms with Crippen LogP contribution in [-0.2, 0) is 4.79 Å². The lowest BCUT2D eigenvalue weighted by Gasteiger charge is -2.17. The third kappa shape index (κ3) is 5.10. The maximum atomic E-state index is 13.4. The second kappa shape index (κ2) is 9.31. The van der Waals surface area contributed by atoms with Crippen LogP contribution in [0, 0.1) is 11.6 Å². The molecule has 160 valence electrons. The van der Waals surface area contributed by atoms with E-state index in [1.807, 2.05) is 0 Å². The predicted molar refractivity (Wildman–Crippen MR) is 116 cm³/mol. The summed E-state index contributed by atoms with van der Waals surface area (Å²) >= 11 is 0. The average Bonchev–Trinajstić information content (AvgIpc) is 2.79. The molecule has 0 spiro atoms. The quantitative estimate of drug-likeness (QED) is 0.355. The van der Waals surface area contributed by atoms with E-state index in [1.54, 1.807) is 72.8 Å². The van der Waals surface area contributed by atoms with Crippen LogP contribution in [0.4, 0.5) is 8.78 Å². The van der Waals surface area contributed by atoms with Gasteiger partial charge in [-0.25, -0.2) is 13.6 Å². The molecule has 0 aliphatic heterocycles. The average molecular weight is 432 g/mol. The first kappa shape index (κ1) is 21.1. The first-order valence-corrected chi connectivity index (χ1v) is 9.76. The van der Waals surface area contributed by atoms with Crippen LogP contribution < -0.4 is 9.47 Å². The SMILES string of the molecule is O=C(O)C(Oc1ccc(-c2cccc(F)c2)cc1)Oc1ccc(-c2cccc(F)c2)cc1. The van der Waals surface area contributed by atoms with E-state index in [4.69, 9.17) is 9.47 Å². The van der Waals surface area contributed by atoms with Gasteiger partial charge in [-0.1, -0.05) is 48.5 Å².